The molecule has 0 saturated carbocycles. The minimum absolute atomic E-state index is 0.00672. The van der Waals surface area contributed by atoms with Crippen molar-refractivity contribution in [3.63, 3.8) is 0 Å². The molecule has 0 unspecified atom stereocenters. The highest BCUT2D eigenvalue weighted by atomic mass is 15.2. The van der Waals surface area contributed by atoms with Gasteiger partial charge in [0.15, 0.2) is 0 Å². The summed E-state index contributed by atoms with van der Waals surface area (Å²) < 4.78 is 201. The third-order valence-corrected chi connectivity index (χ3v) is 21.1. The standard InChI is InChI=1S/C100H87BN4/c1-97(2,3)70-48-40-65(41-49-70)76-32-24-33-77(66-42-50-71(51-43-66)98(4,5)6)95(76)104-90-62-74(102-86-36-20-16-28-80(86)81-29-17-21-37-87(81)102)56-58-84(90)101-85-59-57-75(103-88-38-22-18-30-82(88)83-31-19-23-39-89(83)103)63-91(85)105(93-61-69(60-92(104)94(93)101)64-26-14-13-15-27-64)96-78(67-44-52-72(53-45-67)99(7,8)9)34-25-35-79(96)68-46-54-73(55-47-68)100(10,11)12/h13-63H,1-12H3/i16D,17D,18D,19D,20D,21D,22D,23D,28D,29D,30D,31D,36D,37D,38D,39D,56D,58D,59D,62D. The SMILES string of the molecule is [2H]c1cc(-n2c3c([2H])c([2H])c([2H])c([2H])c3c3c([2H])c([2H])c([2H])c([2H])c32)cc2c1B1c3c(cc(-c4ccccc4)cc3N(c3c(-c4ccc(C(C)(C)C)cc4)cccc3-c3ccc(C(C)(C)C)cc3)c3c([2H])c(-n4c5c([2H])c([2H])c([2H])c([2H])c5c5c([2H])c([2H])c([2H])c([2H])c54)c([2H])c([2H])c31)N2c1c(-c2ccc(C(C)(C)C)cc2)cccc1-c1ccc(C(C)(C)C)cc1. The summed E-state index contributed by atoms with van der Waals surface area (Å²) in [4.78, 5) is 4.06. The summed E-state index contributed by atoms with van der Waals surface area (Å²) in [6.45, 7) is 24.3. The van der Waals surface area contributed by atoms with Crippen molar-refractivity contribution in [2.75, 3.05) is 9.80 Å². The molecule has 0 N–H and O–H groups in total. The quantitative estimate of drug-likeness (QED) is 0.134. The first-order valence-electron chi connectivity index (χ1n) is 45.8. The summed E-state index contributed by atoms with van der Waals surface area (Å²) in [5, 5.41) is -1.02. The molecule has 4 nitrogen and oxygen atoms in total. The van der Waals surface area contributed by atoms with Gasteiger partial charge in [0.25, 0.3) is 6.71 Å². The number of aromatic nitrogens is 2. The number of hydrogen-bond acceptors (Lipinski definition) is 2. The first-order valence-corrected chi connectivity index (χ1v) is 35.8. The van der Waals surface area contributed by atoms with Gasteiger partial charge in [0.2, 0.25) is 0 Å². The Morgan fingerprint density at radius 1 is 0.276 bits per heavy atom. The van der Waals surface area contributed by atoms with Crippen LogP contribution in [0.5, 0.6) is 0 Å². The van der Waals surface area contributed by atoms with Crippen LogP contribution in [-0.4, -0.2) is 15.8 Å². The number of nitrogens with zero attached hydrogens (tertiary/aromatic N) is 4. The van der Waals surface area contributed by atoms with Gasteiger partial charge >= 0.3 is 0 Å². The van der Waals surface area contributed by atoms with Crippen molar-refractivity contribution in [2.45, 2.75) is 105 Å². The molecule has 2 aliphatic rings. The van der Waals surface area contributed by atoms with Gasteiger partial charge in [0.05, 0.1) is 60.9 Å². The Bertz CT molecular complexity index is 7050. The maximum atomic E-state index is 11.8. The highest BCUT2D eigenvalue weighted by Crippen LogP contribution is 2.55. The number of fused-ring (bicyclic) bond motifs is 10. The van der Waals surface area contributed by atoms with Crippen molar-refractivity contribution in [2.24, 2.45) is 0 Å². The molecule has 0 atom stereocenters. The van der Waals surface area contributed by atoms with Crippen LogP contribution >= 0.6 is 0 Å². The number of rotatable bonds is 9. The lowest BCUT2D eigenvalue weighted by atomic mass is 9.33. The molecule has 105 heavy (non-hydrogen) atoms. The molecule has 0 amide bonds. The molecule has 18 rings (SSSR count). The van der Waals surface area contributed by atoms with E-state index in [0.717, 1.165) is 49.1 Å². The average molecular weight is 1380 g/mol. The van der Waals surface area contributed by atoms with Crippen LogP contribution in [0.2, 0.25) is 0 Å². The van der Waals surface area contributed by atoms with Crippen molar-refractivity contribution in [1.29, 1.82) is 0 Å². The molecule has 4 heterocycles. The van der Waals surface area contributed by atoms with Crippen molar-refractivity contribution in [1.82, 2.24) is 9.13 Å². The van der Waals surface area contributed by atoms with E-state index in [1.165, 1.54) is 10.6 Å². The summed E-state index contributed by atoms with van der Waals surface area (Å²) in [5.41, 5.74) is 10.9. The maximum absolute atomic E-state index is 11.8. The van der Waals surface area contributed by atoms with E-state index in [9.17, 15) is 21.9 Å². The van der Waals surface area contributed by atoms with E-state index in [1.807, 2.05) is 77.7 Å². The van der Waals surface area contributed by atoms with Gasteiger partial charge < -0.3 is 18.9 Å². The van der Waals surface area contributed by atoms with E-state index in [1.54, 1.807) is 6.07 Å². The largest absolute Gasteiger partial charge is 0.310 e. The Kier molecular flexibility index (Phi) is 10.9. The summed E-state index contributed by atoms with van der Waals surface area (Å²) in [5.74, 6) is 0. The molecule has 0 aliphatic carbocycles. The number of anilines is 6. The van der Waals surface area contributed by atoms with Crippen molar-refractivity contribution in [3.05, 3.63) is 331 Å². The van der Waals surface area contributed by atoms with E-state index in [2.05, 4.69) is 191 Å². The average Bonchev–Trinajstić information content (AvgIpc) is 1.31. The predicted octanol–water partition coefficient (Wildman–Crippen LogP) is 25.5. The van der Waals surface area contributed by atoms with Gasteiger partial charge in [0.1, 0.15) is 0 Å². The number of para-hydroxylation sites is 6. The monoisotopic (exact) mass is 1370 g/mol. The Hall–Kier alpha value is -11.7. The molecule has 14 aromatic carbocycles. The highest BCUT2D eigenvalue weighted by Gasteiger charge is 2.46. The molecule has 2 aliphatic heterocycles. The van der Waals surface area contributed by atoms with E-state index in [0.29, 0.717) is 61.6 Å². The van der Waals surface area contributed by atoms with Crippen LogP contribution < -0.4 is 26.2 Å². The normalized spacial score (nSPS) is 15.8. The number of hydrogen-bond donors (Lipinski definition) is 0. The summed E-state index contributed by atoms with van der Waals surface area (Å²) in [6, 6.07) is 49.9. The second-order valence-corrected chi connectivity index (χ2v) is 31.8. The lowest BCUT2D eigenvalue weighted by Crippen LogP contribution is -2.61. The molecule has 16 aromatic rings. The van der Waals surface area contributed by atoms with Crippen molar-refractivity contribution in [3.8, 4) is 67.0 Å². The Morgan fingerprint density at radius 3 is 0.990 bits per heavy atom. The molecule has 0 bridgehead atoms. The molecule has 2 aromatic heterocycles. The Labute approximate surface area is 647 Å². The van der Waals surface area contributed by atoms with Crippen molar-refractivity contribution >= 4 is 101 Å². The van der Waals surface area contributed by atoms with Gasteiger partial charge in [0, 0.05) is 77.9 Å². The van der Waals surface area contributed by atoms with Crippen LogP contribution in [0.25, 0.3) is 111 Å². The van der Waals surface area contributed by atoms with Crippen LogP contribution in [0.15, 0.2) is 309 Å². The van der Waals surface area contributed by atoms with Gasteiger partial charge in [-0.15, -0.1) is 0 Å². The van der Waals surface area contributed by atoms with Crippen LogP contribution in [-0.2, 0) is 21.7 Å². The van der Waals surface area contributed by atoms with Crippen LogP contribution in [0, 0.1) is 0 Å². The lowest BCUT2D eigenvalue weighted by Gasteiger charge is -2.46. The van der Waals surface area contributed by atoms with Gasteiger partial charge in [-0.2, -0.15) is 0 Å². The Morgan fingerprint density at radius 2 is 0.619 bits per heavy atom. The fourth-order valence-corrected chi connectivity index (χ4v) is 15.6. The van der Waals surface area contributed by atoms with E-state index in [4.69, 9.17) is 5.48 Å². The molecule has 0 saturated heterocycles. The van der Waals surface area contributed by atoms with Crippen LogP contribution in [0.3, 0.4) is 0 Å². The minimum Gasteiger partial charge on any atom is -0.310 e. The summed E-state index contributed by atoms with van der Waals surface area (Å²) in [6.07, 6.45) is 0. The van der Waals surface area contributed by atoms with Gasteiger partial charge in [-0.1, -0.05) is 331 Å². The molecule has 0 radical (unpaired) electrons. The molecule has 0 spiro atoms. The third kappa shape index (κ3) is 11.0. The van der Waals surface area contributed by atoms with E-state index >= 15 is 0 Å². The summed E-state index contributed by atoms with van der Waals surface area (Å²) in [7, 11) is 0. The zero-order valence-corrected chi connectivity index (χ0v) is 60.8. The van der Waals surface area contributed by atoms with E-state index in [-0.39, 0.29) is 99.3 Å². The van der Waals surface area contributed by atoms with Gasteiger partial charge in [-0.05, 0) is 154 Å². The fourth-order valence-electron chi connectivity index (χ4n) is 15.6. The molecule has 5 heteroatoms. The third-order valence-electron chi connectivity index (χ3n) is 21.1. The second kappa shape index (κ2) is 24.5. The summed E-state index contributed by atoms with van der Waals surface area (Å²) >= 11 is 0. The van der Waals surface area contributed by atoms with Gasteiger partial charge in [-0.3, -0.25) is 0 Å². The van der Waals surface area contributed by atoms with Crippen LogP contribution in [0.4, 0.5) is 34.1 Å². The predicted molar refractivity (Wildman–Crippen MR) is 451 cm³/mol. The fraction of sp³-hybridized carbons (Fsp3) is 0.160. The molecule has 0 fully saturated rings. The van der Waals surface area contributed by atoms with Crippen molar-refractivity contribution < 1.29 is 27.4 Å². The molecular weight excluding hydrogens is 1270 g/mol. The first kappa shape index (κ1) is 46.9. The second-order valence-electron chi connectivity index (χ2n) is 31.8. The van der Waals surface area contributed by atoms with Gasteiger partial charge in [-0.25, -0.2) is 0 Å². The van der Waals surface area contributed by atoms with Crippen LogP contribution in [0.1, 0.15) is 133 Å². The van der Waals surface area contributed by atoms with E-state index < -0.39 is 127 Å². The first-order chi connectivity index (χ1) is 58.9. The topological polar surface area (TPSA) is 16.3 Å². The number of benzene rings is 14. The molecule has 510 valence electrons. The molecular formula is C100H87BN4. The lowest BCUT2D eigenvalue weighted by molar-refractivity contribution is 0.590. The Balaban J connectivity index is 1.10. The smallest absolute Gasteiger partial charge is 0.252 e. The highest BCUT2D eigenvalue weighted by molar-refractivity contribution is 7.00. The zero-order chi connectivity index (χ0) is 89.4. The minimum atomic E-state index is -1.42. The maximum Gasteiger partial charge on any atom is 0.252 e. The zero-order valence-electron chi connectivity index (χ0n) is 80.8.